The molecule has 1 aliphatic rings. The van der Waals surface area contributed by atoms with Crippen molar-refractivity contribution in [3.05, 3.63) is 77.9 Å². The Labute approximate surface area is 198 Å². The van der Waals surface area contributed by atoms with E-state index in [2.05, 4.69) is 10.0 Å². The van der Waals surface area contributed by atoms with Gasteiger partial charge in [-0.2, -0.15) is 0 Å². The Balaban J connectivity index is 1.47. The van der Waals surface area contributed by atoms with Crippen LogP contribution in [-0.4, -0.2) is 34.6 Å². The van der Waals surface area contributed by atoms with E-state index in [-0.39, 0.29) is 16.8 Å². The summed E-state index contributed by atoms with van der Waals surface area (Å²) in [5, 5.41) is 3.00. The van der Waals surface area contributed by atoms with Gasteiger partial charge in [0.2, 0.25) is 0 Å². The van der Waals surface area contributed by atoms with Crippen LogP contribution in [0.2, 0.25) is 0 Å². The van der Waals surface area contributed by atoms with Gasteiger partial charge in [0.1, 0.15) is 19.0 Å². The quantitative estimate of drug-likeness (QED) is 0.500. The van der Waals surface area contributed by atoms with E-state index in [0.29, 0.717) is 48.1 Å². The second-order valence-electron chi connectivity index (χ2n) is 7.67. The number of benzene rings is 3. The van der Waals surface area contributed by atoms with E-state index in [9.17, 15) is 13.2 Å². The number of rotatable bonds is 8. The number of hydrogen-bond acceptors (Lipinski definition) is 6. The Kier molecular flexibility index (Phi) is 6.93. The van der Waals surface area contributed by atoms with E-state index in [1.165, 1.54) is 31.4 Å². The summed E-state index contributed by atoms with van der Waals surface area (Å²) in [5.41, 5.74) is 1.59. The maximum atomic E-state index is 12.9. The molecule has 0 saturated heterocycles. The molecule has 8 nitrogen and oxygen atoms in total. The van der Waals surface area contributed by atoms with Crippen LogP contribution < -0.4 is 24.2 Å². The molecule has 1 amide bonds. The van der Waals surface area contributed by atoms with Gasteiger partial charge in [-0.1, -0.05) is 25.1 Å². The number of carbonyl (C=O) groups excluding carboxylic acids is 1. The average molecular weight is 483 g/mol. The summed E-state index contributed by atoms with van der Waals surface area (Å²) in [6.07, 6.45) is 0.667. The van der Waals surface area contributed by atoms with Crippen molar-refractivity contribution in [2.24, 2.45) is 0 Å². The Morgan fingerprint density at radius 2 is 1.71 bits per heavy atom. The minimum Gasteiger partial charge on any atom is -0.495 e. The number of sulfonamides is 1. The van der Waals surface area contributed by atoms with Gasteiger partial charge in [0.25, 0.3) is 15.9 Å². The Morgan fingerprint density at radius 3 is 2.41 bits per heavy atom. The van der Waals surface area contributed by atoms with Gasteiger partial charge >= 0.3 is 0 Å². The molecule has 1 unspecified atom stereocenters. The van der Waals surface area contributed by atoms with Crippen LogP contribution in [0.4, 0.5) is 5.69 Å². The van der Waals surface area contributed by atoms with Crippen molar-refractivity contribution >= 4 is 21.6 Å². The third-order valence-corrected chi connectivity index (χ3v) is 6.84. The molecule has 1 heterocycles. The van der Waals surface area contributed by atoms with Gasteiger partial charge in [0, 0.05) is 5.56 Å². The summed E-state index contributed by atoms with van der Waals surface area (Å²) in [7, 11) is -2.39. The molecule has 3 aromatic carbocycles. The summed E-state index contributed by atoms with van der Waals surface area (Å²) in [6.45, 7) is 2.97. The van der Waals surface area contributed by atoms with Gasteiger partial charge in [-0.3, -0.25) is 9.52 Å². The SMILES string of the molecule is CCC(NC(=O)c1ccc(S(=O)(=O)Nc2ccccc2OC)cc1)c1ccc2c(c1)OCCO2. The first kappa shape index (κ1) is 23.4. The lowest BCUT2D eigenvalue weighted by molar-refractivity contribution is 0.0935. The monoisotopic (exact) mass is 482 g/mol. The standard InChI is InChI=1S/C25H26N2O6S/c1-3-20(18-10-13-23-24(16-18)33-15-14-32-23)26-25(28)17-8-11-19(12-9-17)34(29,30)27-21-6-4-5-7-22(21)31-2/h4-13,16,20,27H,3,14-15H2,1-2H3,(H,26,28). The van der Waals surface area contributed by atoms with Gasteiger partial charge in [-0.05, 0) is 60.5 Å². The van der Waals surface area contributed by atoms with Crippen molar-refractivity contribution in [1.29, 1.82) is 0 Å². The Morgan fingerprint density at radius 1 is 1.00 bits per heavy atom. The lowest BCUT2D eigenvalue weighted by Crippen LogP contribution is -2.28. The number of fused-ring (bicyclic) bond motifs is 1. The van der Waals surface area contributed by atoms with Crippen molar-refractivity contribution in [1.82, 2.24) is 5.32 Å². The average Bonchev–Trinajstić information content (AvgIpc) is 2.87. The van der Waals surface area contributed by atoms with Gasteiger partial charge < -0.3 is 19.5 Å². The van der Waals surface area contributed by atoms with Crippen LogP contribution in [0.1, 0.15) is 35.3 Å². The molecule has 0 saturated carbocycles. The maximum Gasteiger partial charge on any atom is 0.262 e. The minimum absolute atomic E-state index is 0.0360. The first-order chi connectivity index (χ1) is 16.4. The highest BCUT2D eigenvalue weighted by Gasteiger charge is 2.20. The molecule has 0 aliphatic carbocycles. The number of carbonyl (C=O) groups is 1. The molecular formula is C25H26N2O6S. The van der Waals surface area contributed by atoms with Crippen LogP contribution >= 0.6 is 0 Å². The Hall–Kier alpha value is -3.72. The molecule has 4 rings (SSSR count). The fourth-order valence-electron chi connectivity index (χ4n) is 3.66. The third kappa shape index (κ3) is 5.09. The molecule has 178 valence electrons. The predicted molar refractivity (Wildman–Crippen MR) is 128 cm³/mol. The number of methoxy groups -OCH3 is 1. The van der Waals surface area contributed by atoms with Gasteiger partial charge in [0.15, 0.2) is 11.5 Å². The molecule has 0 aromatic heterocycles. The van der Waals surface area contributed by atoms with Crippen molar-refractivity contribution < 1.29 is 27.4 Å². The lowest BCUT2D eigenvalue weighted by Gasteiger charge is -2.22. The molecule has 0 fully saturated rings. The zero-order valence-corrected chi connectivity index (χ0v) is 19.7. The second-order valence-corrected chi connectivity index (χ2v) is 9.35. The van der Waals surface area contributed by atoms with E-state index < -0.39 is 10.0 Å². The van der Waals surface area contributed by atoms with Gasteiger partial charge in [-0.25, -0.2) is 8.42 Å². The number of ether oxygens (including phenoxy) is 3. The topological polar surface area (TPSA) is 103 Å². The zero-order valence-electron chi connectivity index (χ0n) is 18.9. The summed E-state index contributed by atoms with van der Waals surface area (Å²) in [6, 6.07) is 17.9. The van der Waals surface area contributed by atoms with Crippen molar-refractivity contribution in [2.45, 2.75) is 24.3 Å². The zero-order chi connectivity index (χ0) is 24.1. The highest BCUT2D eigenvalue weighted by atomic mass is 32.2. The van der Waals surface area contributed by atoms with Crippen molar-refractivity contribution in [2.75, 3.05) is 25.0 Å². The molecule has 0 bridgehead atoms. The summed E-state index contributed by atoms with van der Waals surface area (Å²) in [4.78, 5) is 12.9. The van der Waals surface area contributed by atoms with Crippen LogP contribution in [-0.2, 0) is 10.0 Å². The lowest BCUT2D eigenvalue weighted by atomic mass is 10.0. The smallest absolute Gasteiger partial charge is 0.262 e. The highest BCUT2D eigenvalue weighted by Crippen LogP contribution is 2.33. The second kappa shape index (κ2) is 10.0. The molecule has 0 spiro atoms. The molecule has 1 atom stereocenters. The van der Waals surface area contributed by atoms with E-state index in [1.807, 2.05) is 25.1 Å². The largest absolute Gasteiger partial charge is 0.495 e. The van der Waals surface area contributed by atoms with Gasteiger partial charge in [-0.15, -0.1) is 0 Å². The molecule has 0 radical (unpaired) electrons. The van der Waals surface area contributed by atoms with Gasteiger partial charge in [0.05, 0.1) is 23.7 Å². The highest BCUT2D eigenvalue weighted by molar-refractivity contribution is 7.92. The van der Waals surface area contributed by atoms with E-state index in [1.54, 1.807) is 24.3 Å². The van der Waals surface area contributed by atoms with E-state index >= 15 is 0 Å². The number of para-hydroxylation sites is 2. The first-order valence-electron chi connectivity index (χ1n) is 10.9. The van der Waals surface area contributed by atoms with Crippen molar-refractivity contribution in [3.63, 3.8) is 0 Å². The Bertz CT molecular complexity index is 1270. The predicted octanol–water partition coefficient (Wildman–Crippen LogP) is 4.15. The van der Waals surface area contributed by atoms with E-state index in [0.717, 1.165) is 5.56 Å². The fourth-order valence-corrected chi connectivity index (χ4v) is 4.73. The first-order valence-corrected chi connectivity index (χ1v) is 12.4. The summed E-state index contributed by atoms with van der Waals surface area (Å²) >= 11 is 0. The van der Waals surface area contributed by atoms with Crippen LogP contribution in [0.5, 0.6) is 17.2 Å². The molecule has 3 aromatic rings. The molecule has 34 heavy (non-hydrogen) atoms. The summed E-state index contributed by atoms with van der Waals surface area (Å²) < 4.78 is 44.5. The van der Waals surface area contributed by atoms with Crippen LogP contribution in [0.15, 0.2) is 71.6 Å². The number of nitrogens with one attached hydrogen (secondary N) is 2. The fraction of sp³-hybridized carbons (Fsp3) is 0.240. The van der Waals surface area contributed by atoms with Crippen LogP contribution in [0.3, 0.4) is 0 Å². The van der Waals surface area contributed by atoms with Crippen LogP contribution in [0, 0.1) is 0 Å². The summed E-state index contributed by atoms with van der Waals surface area (Å²) in [5.74, 6) is 1.46. The number of hydrogen-bond donors (Lipinski definition) is 2. The molecule has 1 aliphatic heterocycles. The normalized spacial score (nSPS) is 13.6. The van der Waals surface area contributed by atoms with E-state index in [4.69, 9.17) is 14.2 Å². The molecule has 9 heteroatoms. The number of amides is 1. The third-order valence-electron chi connectivity index (χ3n) is 5.46. The maximum absolute atomic E-state index is 12.9. The van der Waals surface area contributed by atoms with Crippen molar-refractivity contribution in [3.8, 4) is 17.2 Å². The minimum atomic E-state index is -3.86. The number of anilines is 1. The van der Waals surface area contributed by atoms with Crippen LogP contribution in [0.25, 0.3) is 0 Å². The molecular weight excluding hydrogens is 456 g/mol. The molecule has 2 N–H and O–H groups in total.